The van der Waals surface area contributed by atoms with E-state index in [0.29, 0.717) is 6.54 Å². The highest BCUT2D eigenvalue weighted by molar-refractivity contribution is 5.87. The molecule has 0 spiro atoms. The van der Waals surface area contributed by atoms with Gasteiger partial charge in [-0.15, -0.1) is 0 Å². The highest BCUT2D eigenvalue weighted by Gasteiger charge is 2.21. The summed E-state index contributed by atoms with van der Waals surface area (Å²) in [5.74, 6) is -0.179. The van der Waals surface area contributed by atoms with Crippen molar-refractivity contribution in [2.45, 2.75) is 25.7 Å². The minimum absolute atomic E-state index is 0.0675. The molecule has 0 aliphatic carbocycles. The molecule has 0 atom stereocenters. The predicted molar refractivity (Wildman–Crippen MR) is 91.8 cm³/mol. The minimum Gasteiger partial charge on any atom is -0.355 e. The van der Waals surface area contributed by atoms with Crippen LogP contribution in [0, 0.1) is 0 Å². The Morgan fingerprint density at radius 2 is 1.55 bits per heavy atom. The molecular formula is C20H23NO. The number of rotatable bonds is 7. The summed E-state index contributed by atoms with van der Waals surface area (Å²) in [6, 6.07) is 19.9. The first kappa shape index (κ1) is 16.0. The minimum atomic E-state index is -0.246. The maximum absolute atomic E-state index is 12.6. The summed E-state index contributed by atoms with van der Waals surface area (Å²) in [7, 11) is 0. The van der Waals surface area contributed by atoms with E-state index in [1.807, 2.05) is 73.7 Å². The van der Waals surface area contributed by atoms with E-state index >= 15 is 0 Å². The highest BCUT2D eigenvalue weighted by atomic mass is 16.1. The number of allylic oxidation sites excluding steroid dienone is 2. The van der Waals surface area contributed by atoms with Gasteiger partial charge in [0, 0.05) is 6.54 Å². The number of benzene rings is 2. The molecule has 0 aliphatic heterocycles. The van der Waals surface area contributed by atoms with E-state index in [1.54, 1.807) is 0 Å². The summed E-state index contributed by atoms with van der Waals surface area (Å²) in [5, 5.41) is 3.07. The molecule has 2 aromatic carbocycles. The van der Waals surface area contributed by atoms with E-state index < -0.39 is 0 Å². The fraction of sp³-hybridized carbons (Fsp3) is 0.250. The third-order valence-corrected chi connectivity index (χ3v) is 3.61. The molecule has 1 N–H and O–H groups in total. The van der Waals surface area contributed by atoms with Crippen molar-refractivity contribution in [1.29, 1.82) is 0 Å². The number of amides is 1. The van der Waals surface area contributed by atoms with Gasteiger partial charge < -0.3 is 5.32 Å². The third kappa shape index (κ3) is 4.59. The lowest BCUT2D eigenvalue weighted by atomic mass is 9.90. The molecule has 114 valence electrons. The van der Waals surface area contributed by atoms with Crippen LogP contribution in [-0.4, -0.2) is 12.5 Å². The fourth-order valence-electron chi connectivity index (χ4n) is 2.49. The van der Waals surface area contributed by atoms with Crippen LogP contribution in [0.1, 0.15) is 36.8 Å². The average Bonchev–Trinajstić information content (AvgIpc) is 2.57. The number of unbranched alkanes of at least 4 members (excludes halogenated alkanes) is 1. The quantitative estimate of drug-likeness (QED) is 0.599. The van der Waals surface area contributed by atoms with Crippen LogP contribution in [0.25, 0.3) is 0 Å². The van der Waals surface area contributed by atoms with Gasteiger partial charge in [-0.2, -0.15) is 0 Å². The van der Waals surface area contributed by atoms with Gasteiger partial charge in [0.05, 0.1) is 5.92 Å². The molecule has 2 rings (SSSR count). The van der Waals surface area contributed by atoms with Crippen LogP contribution in [0.5, 0.6) is 0 Å². The standard InChI is InChI=1S/C20H23NO/c1-2-3-4-11-16-21-20(22)19(17-12-7-5-8-13-17)18-14-9-6-10-15-18/h2-3,5-10,12-15,19H,4,11,16H2,1H3,(H,21,22). The number of carbonyl (C=O) groups is 1. The lowest BCUT2D eigenvalue weighted by molar-refractivity contribution is -0.121. The second-order valence-electron chi connectivity index (χ2n) is 5.26. The number of nitrogens with one attached hydrogen (secondary N) is 1. The lowest BCUT2D eigenvalue weighted by Crippen LogP contribution is -2.30. The molecule has 0 aromatic heterocycles. The smallest absolute Gasteiger partial charge is 0.232 e. The van der Waals surface area contributed by atoms with E-state index in [2.05, 4.69) is 11.4 Å². The Morgan fingerprint density at radius 3 is 2.05 bits per heavy atom. The number of hydrogen-bond acceptors (Lipinski definition) is 1. The summed E-state index contributed by atoms with van der Waals surface area (Å²) >= 11 is 0. The number of carbonyl (C=O) groups excluding carboxylic acids is 1. The molecule has 0 unspecified atom stereocenters. The van der Waals surface area contributed by atoms with Crippen molar-refractivity contribution in [3.05, 3.63) is 83.9 Å². The summed E-state index contributed by atoms with van der Waals surface area (Å²) in [5.41, 5.74) is 2.05. The molecule has 0 radical (unpaired) electrons. The highest BCUT2D eigenvalue weighted by Crippen LogP contribution is 2.24. The topological polar surface area (TPSA) is 29.1 Å². The van der Waals surface area contributed by atoms with E-state index in [0.717, 1.165) is 24.0 Å². The van der Waals surface area contributed by atoms with Gasteiger partial charge >= 0.3 is 0 Å². The zero-order valence-electron chi connectivity index (χ0n) is 13.0. The molecule has 0 saturated carbocycles. The summed E-state index contributed by atoms with van der Waals surface area (Å²) in [4.78, 5) is 12.6. The Labute approximate surface area is 132 Å². The predicted octanol–water partition coefficient (Wildman–Crippen LogP) is 4.29. The van der Waals surface area contributed by atoms with Crippen LogP contribution >= 0.6 is 0 Å². The van der Waals surface area contributed by atoms with Crippen LogP contribution in [0.15, 0.2) is 72.8 Å². The van der Waals surface area contributed by atoms with Crippen molar-refractivity contribution >= 4 is 5.91 Å². The van der Waals surface area contributed by atoms with Crippen LogP contribution in [0.2, 0.25) is 0 Å². The zero-order chi connectivity index (χ0) is 15.6. The molecular weight excluding hydrogens is 270 g/mol. The Hall–Kier alpha value is -2.35. The first-order chi connectivity index (χ1) is 10.8. The molecule has 2 nitrogen and oxygen atoms in total. The Bertz CT molecular complexity index is 550. The van der Waals surface area contributed by atoms with Crippen molar-refractivity contribution in [3.63, 3.8) is 0 Å². The molecule has 0 saturated heterocycles. The van der Waals surface area contributed by atoms with Gasteiger partial charge in [0.2, 0.25) is 5.91 Å². The van der Waals surface area contributed by atoms with Gasteiger partial charge in [0.15, 0.2) is 0 Å². The summed E-state index contributed by atoms with van der Waals surface area (Å²) < 4.78 is 0. The molecule has 2 aromatic rings. The Kier molecular flexibility index (Phi) is 6.43. The monoisotopic (exact) mass is 293 g/mol. The number of hydrogen-bond donors (Lipinski definition) is 1. The first-order valence-corrected chi connectivity index (χ1v) is 7.81. The van der Waals surface area contributed by atoms with Gasteiger partial charge in [-0.05, 0) is 30.9 Å². The maximum atomic E-state index is 12.6. The Balaban J connectivity index is 2.10. The van der Waals surface area contributed by atoms with E-state index in [1.165, 1.54) is 0 Å². The van der Waals surface area contributed by atoms with E-state index in [-0.39, 0.29) is 11.8 Å². The third-order valence-electron chi connectivity index (χ3n) is 3.61. The summed E-state index contributed by atoms with van der Waals surface area (Å²) in [6.45, 7) is 2.72. The molecule has 2 heteroatoms. The largest absolute Gasteiger partial charge is 0.355 e. The van der Waals surface area contributed by atoms with Crippen LogP contribution < -0.4 is 5.32 Å². The molecule has 0 bridgehead atoms. The fourth-order valence-corrected chi connectivity index (χ4v) is 2.49. The van der Waals surface area contributed by atoms with Gasteiger partial charge in [0.25, 0.3) is 0 Å². The van der Waals surface area contributed by atoms with Gasteiger partial charge in [-0.3, -0.25) is 4.79 Å². The van der Waals surface area contributed by atoms with Crippen molar-refractivity contribution < 1.29 is 4.79 Å². The van der Waals surface area contributed by atoms with Crippen LogP contribution in [0.3, 0.4) is 0 Å². The zero-order valence-corrected chi connectivity index (χ0v) is 13.0. The molecule has 0 heterocycles. The van der Waals surface area contributed by atoms with Gasteiger partial charge in [-0.1, -0.05) is 72.8 Å². The lowest BCUT2D eigenvalue weighted by Gasteiger charge is -2.17. The SMILES string of the molecule is CC=CCCCNC(=O)C(c1ccccc1)c1ccccc1. The molecule has 22 heavy (non-hydrogen) atoms. The van der Waals surface area contributed by atoms with Crippen molar-refractivity contribution in [2.75, 3.05) is 6.54 Å². The van der Waals surface area contributed by atoms with Gasteiger partial charge in [0.1, 0.15) is 0 Å². The first-order valence-electron chi connectivity index (χ1n) is 7.81. The average molecular weight is 293 g/mol. The summed E-state index contributed by atoms with van der Waals surface area (Å²) in [6.07, 6.45) is 6.13. The van der Waals surface area contributed by atoms with Crippen molar-refractivity contribution in [3.8, 4) is 0 Å². The molecule has 0 fully saturated rings. The van der Waals surface area contributed by atoms with E-state index in [4.69, 9.17) is 0 Å². The van der Waals surface area contributed by atoms with Crippen LogP contribution in [-0.2, 0) is 4.79 Å². The Morgan fingerprint density at radius 1 is 1.00 bits per heavy atom. The van der Waals surface area contributed by atoms with Crippen molar-refractivity contribution in [1.82, 2.24) is 5.32 Å². The molecule has 0 aliphatic rings. The second kappa shape index (κ2) is 8.83. The second-order valence-corrected chi connectivity index (χ2v) is 5.26. The van der Waals surface area contributed by atoms with Crippen LogP contribution in [0.4, 0.5) is 0 Å². The maximum Gasteiger partial charge on any atom is 0.232 e. The molecule has 1 amide bonds. The normalized spacial score (nSPS) is 11.0. The van der Waals surface area contributed by atoms with E-state index in [9.17, 15) is 4.79 Å². The van der Waals surface area contributed by atoms with Crippen molar-refractivity contribution in [2.24, 2.45) is 0 Å². The van der Waals surface area contributed by atoms with Gasteiger partial charge in [-0.25, -0.2) is 0 Å².